The summed E-state index contributed by atoms with van der Waals surface area (Å²) in [7, 11) is 0. The number of aliphatic hydroxyl groups excluding tert-OH is 2. The fourth-order valence-electron chi connectivity index (χ4n) is 9.52. The summed E-state index contributed by atoms with van der Waals surface area (Å²) in [6.07, 6.45) is 10.8. The minimum absolute atomic E-state index is 0.0882. The lowest BCUT2D eigenvalue weighted by atomic mass is 9.43. The van der Waals surface area contributed by atoms with Crippen LogP contribution in [-0.4, -0.2) is 34.5 Å². The summed E-state index contributed by atoms with van der Waals surface area (Å²) in [6, 6.07) is 6.00. The van der Waals surface area contributed by atoms with Gasteiger partial charge in [0, 0.05) is 6.42 Å². The maximum atomic E-state index is 13.0. The van der Waals surface area contributed by atoms with E-state index in [4.69, 9.17) is 0 Å². The summed E-state index contributed by atoms with van der Waals surface area (Å²) in [5.41, 5.74) is 3.83. The Morgan fingerprint density at radius 2 is 1.78 bits per heavy atom. The number of nitrogens with zero attached hydrogens (tertiary/aromatic N) is 1. The number of hydrogen-bond acceptors (Lipinski definition) is 4. The lowest BCUT2D eigenvalue weighted by molar-refractivity contribution is -0.174. The number of aliphatic hydroxyl groups is 2. The molecule has 0 radical (unpaired) electrons. The standard InChI is InChI=1S/C31H45FN2O3/c1-19(4-11-28(37)34-33-18-20-5-7-22(32)8-6-20)24-9-10-25-29-26(13-15-31(24,25)3)30(2)14-12-23(35)16-21(30)17-27(29)36/h5-8,18-19,21,23-27,29,35-36H,4,9-17H2,1-3H3,(H,34,37)/b33-18-/t19-,21-,23+,24-,25+,26+,27+,29+,30+,31-/m1/s1. The second-order valence-corrected chi connectivity index (χ2v) is 13.3. The van der Waals surface area contributed by atoms with Crippen LogP contribution >= 0.6 is 0 Å². The van der Waals surface area contributed by atoms with E-state index in [2.05, 4.69) is 31.3 Å². The molecule has 4 aliphatic carbocycles. The van der Waals surface area contributed by atoms with Crippen molar-refractivity contribution in [1.82, 2.24) is 5.43 Å². The molecule has 204 valence electrons. The molecule has 0 bridgehead atoms. The van der Waals surface area contributed by atoms with E-state index in [0.29, 0.717) is 41.9 Å². The topological polar surface area (TPSA) is 81.9 Å². The Labute approximate surface area is 221 Å². The first-order valence-electron chi connectivity index (χ1n) is 14.6. The molecule has 5 rings (SSSR count). The van der Waals surface area contributed by atoms with Gasteiger partial charge in [0.05, 0.1) is 18.4 Å². The van der Waals surface area contributed by atoms with Crippen LogP contribution in [0.5, 0.6) is 0 Å². The first-order valence-corrected chi connectivity index (χ1v) is 14.6. The Hall–Kier alpha value is -1.79. The molecule has 5 nitrogen and oxygen atoms in total. The largest absolute Gasteiger partial charge is 0.393 e. The molecule has 0 heterocycles. The van der Waals surface area contributed by atoms with Crippen molar-refractivity contribution in [3.63, 3.8) is 0 Å². The average molecular weight is 513 g/mol. The van der Waals surface area contributed by atoms with Crippen molar-refractivity contribution in [1.29, 1.82) is 0 Å². The number of hydrogen-bond donors (Lipinski definition) is 3. The van der Waals surface area contributed by atoms with Gasteiger partial charge in [0.2, 0.25) is 5.91 Å². The number of carbonyl (C=O) groups excluding carboxylic acids is 1. The number of amides is 1. The number of nitrogens with one attached hydrogen (secondary N) is 1. The molecule has 0 aliphatic heterocycles. The zero-order chi connectivity index (χ0) is 26.4. The van der Waals surface area contributed by atoms with Gasteiger partial charge in [-0.2, -0.15) is 5.10 Å². The number of rotatable bonds is 6. The second-order valence-electron chi connectivity index (χ2n) is 13.3. The molecule has 1 aromatic carbocycles. The normalized spacial score (nSPS) is 42.1. The van der Waals surface area contributed by atoms with Crippen molar-refractivity contribution in [2.24, 2.45) is 51.4 Å². The van der Waals surface area contributed by atoms with Crippen molar-refractivity contribution in [2.75, 3.05) is 0 Å². The van der Waals surface area contributed by atoms with Crippen LogP contribution in [0.2, 0.25) is 0 Å². The molecule has 3 N–H and O–H groups in total. The summed E-state index contributed by atoms with van der Waals surface area (Å²) < 4.78 is 13.0. The molecule has 4 saturated carbocycles. The Bertz CT molecular complexity index is 999. The molecule has 0 spiro atoms. The van der Waals surface area contributed by atoms with Crippen LogP contribution in [0.3, 0.4) is 0 Å². The van der Waals surface area contributed by atoms with E-state index in [1.54, 1.807) is 12.1 Å². The van der Waals surface area contributed by atoms with Crippen molar-refractivity contribution >= 4 is 12.1 Å². The van der Waals surface area contributed by atoms with E-state index in [9.17, 15) is 19.4 Å². The van der Waals surface area contributed by atoms with Crippen LogP contribution in [0, 0.1) is 52.2 Å². The first-order chi connectivity index (χ1) is 17.6. The number of fused-ring (bicyclic) bond motifs is 5. The number of halogens is 1. The third-order valence-corrected chi connectivity index (χ3v) is 11.5. The minimum atomic E-state index is -0.295. The van der Waals surface area contributed by atoms with Gasteiger partial charge in [0.15, 0.2) is 0 Å². The third kappa shape index (κ3) is 5.01. The van der Waals surface area contributed by atoms with Gasteiger partial charge in [-0.15, -0.1) is 0 Å². The van der Waals surface area contributed by atoms with Gasteiger partial charge in [-0.05, 0) is 122 Å². The molecule has 0 aromatic heterocycles. The summed E-state index contributed by atoms with van der Waals surface area (Å²) >= 11 is 0. The van der Waals surface area contributed by atoms with E-state index in [1.165, 1.54) is 44.0 Å². The van der Waals surface area contributed by atoms with Gasteiger partial charge in [0.1, 0.15) is 5.82 Å². The molecule has 4 aliphatic rings. The number of hydrazone groups is 1. The lowest BCUT2D eigenvalue weighted by Crippen LogP contribution is -2.58. The zero-order valence-electron chi connectivity index (χ0n) is 22.7. The summed E-state index contributed by atoms with van der Waals surface area (Å²) in [4.78, 5) is 12.5. The molecule has 0 saturated heterocycles. The monoisotopic (exact) mass is 512 g/mol. The quantitative estimate of drug-likeness (QED) is 0.339. The van der Waals surface area contributed by atoms with Crippen molar-refractivity contribution in [3.8, 4) is 0 Å². The first kappa shape index (κ1) is 26.8. The zero-order valence-corrected chi connectivity index (χ0v) is 22.7. The number of benzene rings is 1. The van der Waals surface area contributed by atoms with Gasteiger partial charge in [-0.3, -0.25) is 4.79 Å². The third-order valence-electron chi connectivity index (χ3n) is 11.5. The molecule has 1 amide bonds. The molecule has 37 heavy (non-hydrogen) atoms. The highest BCUT2D eigenvalue weighted by atomic mass is 19.1. The van der Waals surface area contributed by atoms with E-state index >= 15 is 0 Å². The fraction of sp³-hybridized carbons (Fsp3) is 0.742. The van der Waals surface area contributed by atoms with E-state index < -0.39 is 0 Å². The van der Waals surface area contributed by atoms with E-state index in [1.807, 2.05) is 0 Å². The highest BCUT2D eigenvalue weighted by molar-refractivity contribution is 5.82. The van der Waals surface area contributed by atoms with Crippen LogP contribution in [0.25, 0.3) is 0 Å². The smallest absolute Gasteiger partial charge is 0.240 e. The Morgan fingerprint density at radius 1 is 1.08 bits per heavy atom. The van der Waals surface area contributed by atoms with Crippen LogP contribution in [-0.2, 0) is 4.79 Å². The van der Waals surface area contributed by atoms with Gasteiger partial charge >= 0.3 is 0 Å². The molecule has 4 fully saturated rings. The molecule has 10 atom stereocenters. The predicted molar refractivity (Wildman–Crippen MR) is 143 cm³/mol. The fourth-order valence-corrected chi connectivity index (χ4v) is 9.52. The van der Waals surface area contributed by atoms with Crippen molar-refractivity contribution in [3.05, 3.63) is 35.6 Å². The lowest BCUT2D eigenvalue weighted by Gasteiger charge is -2.62. The van der Waals surface area contributed by atoms with Crippen LogP contribution < -0.4 is 5.43 Å². The Kier molecular flexibility index (Phi) is 7.54. The maximum absolute atomic E-state index is 13.0. The van der Waals surface area contributed by atoms with Gasteiger partial charge in [-0.25, -0.2) is 9.82 Å². The molecular formula is C31H45FN2O3. The minimum Gasteiger partial charge on any atom is -0.393 e. The molecule has 0 unspecified atom stereocenters. The van der Waals surface area contributed by atoms with Gasteiger partial charge < -0.3 is 10.2 Å². The summed E-state index contributed by atoms with van der Waals surface area (Å²) in [6.45, 7) is 7.24. The predicted octanol–water partition coefficient (Wildman–Crippen LogP) is 5.68. The van der Waals surface area contributed by atoms with E-state index in [0.717, 1.165) is 37.7 Å². The van der Waals surface area contributed by atoms with Gasteiger partial charge in [-0.1, -0.05) is 32.9 Å². The summed E-state index contributed by atoms with van der Waals surface area (Å²) in [5, 5.41) is 25.8. The Morgan fingerprint density at radius 3 is 2.54 bits per heavy atom. The van der Waals surface area contributed by atoms with Gasteiger partial charge in [0.25, 0.3) is 0 Å². The van der Waals surface area contributed by atoms with Crippen LogP contribution in [0.4, 0.5) is 4.39 Å². The van der Waals surface area contributed by atoms with E-state index in [-0.39, 0.29) is 34.8 Å². The molecular weight excluding hydrogens is 467 g/mol. The highest BCUT2D eigenvalue weighted by Crippen LogP contribution is 2.68. The average Bonchev–Trinajstić information content (AvgIpc) is 3.22. The highest BCUT2D eigenvalue weighted by Gasteiger charge is 2.62. The van der Waals surface area contributed by atoms with Crippen molar-refractivity contribution < 1.29 is 19.4 Å². The summed E-state index contributed by atoms with van der Waals surface area (Å²) in [5.74, 6) is 2.55. The molecule has 6 heteroatoms. The number of carbonyl (C=O) groups is 1. The maximum Gasteiger partial charge on any atom is 0.240 e. The Balaban J connectivity index is 1.19. The van der Waals surface area contributed by atoms with Crippen LogP contribution in [0.1, 0.15) is 90.5 Å². The van der Waals surface area contributed by atoms with Crippen LogP contribution in [0.15, 0.2) is 29.4 Å². The molecule has 1 aromatic rings. The second kappa shape index (κ2) is 10.4. The SMILES string of the molecule is C[C@H](CCC(=O)N/N=C\c1ccc(F)cc1)[C@H]1CC[C@H]2[C@@H]3[C@@H](O)C[C@H]4C[C@@H](O)CC[C@]4(C)[C@H]3CC[C@]12C. The van der Waals surface area contributed by atoms with Crippen molar-refractivity contribution in [2.45, 2.75) is 97.2 Å².